The topological polar surface area (TPSA) is 67.1 Å². The normalized spacial score (nSPS) is 11.9. The van der Waals surface area contributed by atoms with E-state index in [9.17, 15) is 0 Å². The van der Waals surface area contributed by atoms with Gasteiger partial charge in [0.25, 0.3) is 0 Å². The van der Waals surface area contributed by atoms with Gasteiger partial charge in [-0.15, -0.1) is 0 Å². The Kier molecular flexibility index (Phi) is 3.85. The zero-order chi connectivity index (χ0) is 13.8. The molecule has 2 aromatic rings. The minimum absolute atomic E-state index is 0.133. The third kappa shape index (κ3) is 3.34. The highest BCUT2D eigenvalue weighted by Crippen LogP contribution is 2.20. The van der Waals surface area contributed by atoms with Crippen molar-refractivity contribution in [2.75, 3.05) is 30.0 Å². The molecule has 3 N–H and O–H groups in total. The molecule has 5 nitrogen and oxygen atoms in total. The number of nitrogens with one attached hydrogen (secondary N) is 1. The maximum Gasteiger partial charge on any atom is 0.226 e. The average molecular weight is 257 g/mol. The minimum Gasteiger partial charge on any atom is -0.399 e. The van der Waals surface area contributed by atoms with Gasteiger partial charge in [0.1, 0.15) is 5.82 Å². The lowest BCUT2D eigenvalue weighted by molar-refractivity contribution is 0.868. The zero-order valence-electron chi connectivity index (χ0n) is 11.5. The Labute approximate surface area is 113 Å². The van der Waals surface area contributed by atoms with Crippen LogP contribution in [0.4, 0.5) is 17.5 Å². The van der Waals surface area contributed by atoms with E-state index in [0.717, 1.165) is 17.1 Å². The van der Waals surface area contributed by atoms with Crippen molar-refractivity contribution >= 4 is 17.5 Å². The summed E-state index contributed by atoms with van der Waals surface area (Å²) in [6, 6.07) is 9.83. The van der Waals surface area contributed by atoms with Crippen molar-refractivity contribution in [2.24, 2.45) is 0 Å². The number of benzene rings is 1. The van der Waals surface area contributed by atoms with Gasteiger partial charge in [0.05, 0.1) is 6.04 Å². The summed E-state index contributed by atoms with van der Waals surface area (Å²) >= 11 is 0. The summed E-state index contributed by atoms with van der Waals surface area (Å²) in [6.07, 6.45) is 1.75. The summed E-state index contributed by atoms with van der Waals surface area (Å²) in [5.41, 5.74) is 7.69. The van der Waals surface area contributed by atoms with Crippen molar-refractivity contribution in [2.45, 2.75) is 13.0 Å². The third-order valence-corrected chi connectivity index (χ3v) is 2.82. The lowest BCUT2D eigenvalue weighted by Crippen LogP contribution is -2.14. The smallest absolute Gasteiger partial charge is 0.226 e. The molecule has 100 valence electrons. The van der Waals surface area contributed by atoms with Crippen LogP contribution in [-0.2, 0) is 0 Å². The fourth-order valence-corrected chi connectivity index (χ4v) is 1.78. The van der Waals surface area contributed by atoms with Crippen molar-refractivity contribution in [3.05, 3.63) is 42.1 Å². The molecule has 0 amide bonds. The van der Waals surface area contributed by atoms with E-state index in [1.165, 1.54) is 0 Å². The minimum atomic E-state index is 0.133. The predicted octanol–water partition coefficient (Wildman–Crippen LogP) is 2.30. The van der Waals surface area contributed by atoms with E-state index in [0.29, 0.717) is 5.95 Å². The molecule has 0 fully saturated rings. The first kappa shape index (κ1) is 13.1. The van der Waals surface area contributed by atoms with Gasteiger partial charge in [-0.25, -0.2) is 4.98 Å². The molecule has 0 bridgehead atoms. The first-order valence-corrected chi connectivity index (χ1v) is 6.18. The third-order valence-electron chi connectivity index (χ3n) is 2.82. The van der Waals surface area contributed by atoms with Crippen LogP contribution in [0.25, 0.3) is 0 Å². The second-order valence-corrected chi connectivity index (χ2v) is 4.67. The fraction of sp³-hybridized carbons (Fsp3) is 0.286. The molecule has 0 aliphatic rings. The fourth-order valence-electron chi connectivity index (χ4n) is 1.78. The molecule has 1 aromatic heterocycles. The summed E-state index contributed by atoms with van der Waals surface area (Å²) in [7, 11) is 3.83. The second-order valence-electron chi connectivity index (χ2n) is 4.67. The van der Waals surface area contributed by atoms with Gasteiger partial charge in [-0.2, -0.15) is 4.98 Å². The van der Waals surface area contributed by atoms with Gasteiger partial charge in [0.15, 0.2) is 0 Å². The first-order valence-electron chi connectivity index (χ1n) is 6.18. The monoisotopic (exact) mass is 257 g/mol. The molecule has 1 heterocycles. The predicted molar refractivity (Wildman–Crippen MR) is 79.3 cm³/mol. The van der Waals surface area contributed by atoms with Crippen LogP contribution in [0.1, 0.15) is 18.5 Å². The van der Waals surface area contributed by atoms with E-state index < -0.39 is 0 Å². The van der Waals surface area contributed by atoms with E-state index >= 15 is 0 Å². The average Bonchev–Trinajstić information content (AvgIpc) is 2.39. The number of rotatable bonds is 4. The molecule has 0 radical (unpaired) electrons. The molecule has 1 atom stereocenters. The number of aromatic nitrogens is 2. The van der Waals surface area contributed by atoms with Crippen molar-refractivity contribution in [3.63, 3.8) is 0 Å². The Bertz CT molecular complexity index is 553. The van der Waals surface area contributed by atoms with E-state index in [1.807, 2.05) is 49.3 Å². The quantitative estimate of drug-likeness (QED) is 0.823. The second kappa shape index (κ2) is 5.56. The highest BCUT2D eigenvalue weighted by Gasteiger charge is 2.07. The summed E-state index contributed by atoms with van der Waals surface area (Å²) in [4.78, 5) is 10.5. The maximum absolute atomic E-state index is 5.79. The lowest BCUT2D eigenvalue weighted by Gasteiger charge is -2.17. The SMILES string of the molecule is CC(Nc1ccnc(N(C)C)n1)c1cccc(N)c1. The van der Waals surface area contributed by atoms with Gasteiger partial charge in [-0.1, -0.05) is 12.1 Å². The van der Waals surface area contributed by atoms with Crippen LogP contribution < -0.4 is 16.0 Å². The van der Waals surface area contributed by atoms with Gasteiger partial charge >= 0.3 is 0 Å². The standard InChI is InChI=1S/C14H19N5/c1-10(11-5-4-6-12(15)9-11)17-13-7-8-16-14(18-13)19(2)3/h4-10H,15H2,1-3H3,(H,16,17,18). The molecule has 0 saturated carbocycles. The number of nitrogen functional groups attached to an aromatic ring is 1. The molecule has 0 saturated heterocycles. The Morgan fingerprint density at radius 2 is 2.05 bits per heavy atom. The molecule has 5 heteroatoms. The summed E-state index contributed by atoms with van der Waals surface area (Å²) in [5, 5.41) is 3.35. The van der Waals surface area contributed by atoms with Crippen LogP contribution in [0.2, 0.25) is 0 Å². The van der Waals surface area contributed by atoms with Crippen LogP contribution in [0, 0.1) is 0 Å². The van der Waals surface area contributed by atoms with Gasteiger partial charge < -0.3 is 16.0 Å². The number of nitrogens with zero attached hydrogens (tertiary/aromatic N) is 3. The summed E-state index contributed by atoms with van der Waals surface area (Å²) < 4.78 is 0. The van der Waals surface area contributed by atoms with E-state index in [2.05, 4.69) is 22.2 Å². The first-order chi connectivity index (χ1) is 9.06. The molecule has 0 aliphatic heterocycles. The molecule has 0 spiro atoms. The molecule has 0 aliphatic carbocycles. The molecular formula is C14H19N5. The highest BCUT2D eigenvalue weighted by atomic mass is 15.2. The molecular weight excluding hydrogens is 238 g/mol. The van der Waals surface area contributed by atoms with Crippen molar-refractivity contribution < 1.29 is 0 Å². The maximum atomic E-state index is 5.79. The van der Waals surface area contributed by atoms with Crippen LogP contribution in [-0.4, -0.2) is 24.1 Å². The van der Waals surface area contributed by atoms with Crippen molar-refractivity contribution in [1.29, 1.82) is 0 Å². The van der Waals surface area contributed by atoms with Crippen LogP contribution in [0.15, 0.2) is 36.5 Å². The van der Waals surface area contributed by atoms with Crippen molar-refractivity contribution in [1.82, 2.24) is 9.97 Å². The van der Waals surface area contributed by atoms with E-state index in [1.54, 1.807) is 6.20 Å². The van der Waals surface area contributed by atoms with E-state index in [4.69, 9.17) is 5.73 Å². The van der Waals surface area contributed by atoms with Crippen LogP contribution >= 0.6 is 0 Å². The van der Waals surface area contributed by atoms with Crippen LogP contribution in [0.5, 0.6) is 0 Å². The molecule has 1 aromatic carbocycles. The molecule has 1 unspecified atom stereocenters. The van der Waals surface area contributed by atoms with Crippen molar-refractivity contribution in [3.8, 4) is 0 Å². The van der Waals surface area contributed by atoms with Gasteiger partial charge in [-0.3, -0.25) is 0 Å². The van der Waals surface area contributed by atoms with Gasteiger partial charge in [-0.05, 0) is 30.7 Å². The summed E-state index contributed by atoms with van der Waals surface area (Å²) in [6.45, 7) is 2.08. The van der Waals surface area contributed by atoms with E-state index in [-0.39, 0.29) is 6.04 Å². The molecule has 19 heavy (non-hydrogen) atoms. The lowest BCUT2D eigenvalue weighted by atomic mass is 10.1. The number of hydrogen-bond acceptors (Lipinski definition) is 5. The van der Waals surface area contributed by atoms with Gasteiger partial charge in [0, 0.05) is 26.0 Å². The summed E-state index contributed by atoms with van der Waals surface area (Å²) in [5.74, 6) is 1.48. The number of anilines is 3. The number of hydrogen-bond donors (Lipinski definition) is 2. The Balaban J connectivity index is 2.14. The number of nitrogens with two attached hydrogens (primary N) is 1. The Morgan fingerprint density at radius 1 is 1.26 bits per heavy atom. The highest BCUT2D eigenvalue weighted by molar-refractivity contribution is 5.46. The molecule has 2 rings (SSSR count). The zero-order valence-corrected chi connectivity index (χ0v) is 11.5. The van der Waals surface area contributed by atoms with Gasteiger partial charge in [0.2, 0.25) is 5.95 Å². The Hall–Kier alpha value is -2.30. The Morgan fingerprint density at radius 3 is 2.74 bits per heavy atom. The van der Waals surface area contributed by atoms with Crippen LogP contribution in [0.3, 0.4) is 0 Å². The largest absolute Gasteiger partial charge is 0.399 e.